The van der Waals surface area contributed by atoms with Gasteiger partial charge in [0.2, 0.25) is 0 Å². The van der Waals surface area contributed by atoms with Crippen LogP contribution in [0.25, 0.3) is 11.0 Å². The van der Waals surface area contributed by atoms with E-state index < -0.39 is 21.9 Å². The summed E-state index contributed by atoms with van der Waals surface area (Å²) in [5.74, 6) is -0.549. The number of sulfonamides is 1. The van der Waals surface area contributed by atoms with Gasteiger partial charge in [-0.1, -0.05) is 18.2 Å². The molecule has 0 saturated carbocycles. The summed E-state index contributed by atoms with van der Waals surface area (Å²) in [4.78, 5) is 26.0. The van der Waals surface area contributed by atoms with E-state index in [1.54, 1.807) is 32.0 Å². The number of hydrogen-bond acceptors (Lipinski definition) is 7. The number of methoxy groups -OCH3 is 1. The SMILES string of the molecule is CCOC(=O)c1c(C)oc2ccc(N(C(=O)c3ccccc3)S(=O)(=O)c3ccc(OC)cc3)cc12. The second-order valence-corrected chi connectivity index (χ2v) is 9.34. The topological polar surface area (TPSA) is 103 Å². The second-order valence-electron chi connectivity index (χ2n) is 7.55. The summed E-state index contributed by atoms with van der Waals surface area (Å²) in [6, 6.07) is 18.2. The molecule has 0 atom stereocenters. The van der Waals surface area contributed by atoms with Crippen LogP contribution in [-0.4, -0.2) is 34.0 Å². The lowest BCUT2D eigenvalue weighted by atomic mass is 10.1. The molecule has 0 aliphatic heterocycles. The Labute approximate surface area is 202 Å². The average Bonchev–Trinajstić information content (AvgIpc) is 3.19. The first-order valence-electron chi connectivity index (χ1n) is 10.8. The third-order valence-corrected chi connectivity index (χ3v) is 7.09. The van der Waals surface area contributed by atoms with Crippen molar-refractivity contribution in [3.05, 3.63) is 89.7 Å². The molecule has 0 saturated heterocycles. The molecule has 9 heteroatoms. The molecule has 1 aromatic heterocycles. The van der Waals surface area contributed by atoms with Crippen molar-refractivity contribution < 1.29 is 31.9 Å². The fraction of sp³-hybridized carbons (Fsp3) is 0.154. The van der Waals surface area contributed by atoms with Crippen molar-refractivity contribution in [1.29, 1.82) is 0 Å². The maximum Gasteiger partial charge on any atom is 0.342 e. The predicted molar refractivity (Wildman–Crippen MR) is 130 cm³/mol. The van der Waals surface area contributed by atoms with Crippen molar-refractivity contribution >= 4 is 38.6 Å². The molecule has 0 aliphatic rings. The summed E-state index contributed by atoms with van der Waals surface area (Å²) < 4.78 is 44.2. The first kappa shape index (κ1) is 24.0. The van der Waals surface area contributed by atoms with E-state index in [0.29, 0.717) is 22.5 Å². The Morgan fingerprint density at radius 1 is 0.971 bits per heavy atom. The first-order valence-corrected chi connectivity index (χ1v) is 12.2. The number of carbonyl (C=O) groups excluding carboxylic acids is 2. The molecule has 0 unspecified atom stereocenters. The molecule has 4 aromatic rings. The molecule has 0 radical (unpaired) electrons. The van der Waals surface area contributed by atoms with Crippen LogP contribution >= 0.6 is 0 Å². The van der Waals surface area contributed by atoms with Crippen molar-refractivity contribution in [2.24, 2.45) is 0 Å². The van der Waals surface area contributed by atoms with E-state index >= 15 is 0 Å². The van der Waals surface area contributed by atoms with E-state index in [9.17, 15) is 18.0 Å². The highest BCUT2D eigenvalue weighted by atomic mass is 32.2. The largest absolute Gasteiger partial charge is 0.497 e. The number of rotatable bonds is 7. The van der Waals surface area contributed by atoms with Gasteiger partial charge in [0, 0.05) is 10.9 Å². The van der Waals surface area contributed by atoms with Crippen LogP contribution in [-0.2, 0) is 14.8 Å². The molecule has 0 spiro atoms. The Bertz CT molecular complexity index is 1490. The Hall–Kier alpha value is -4.11. The average molecular weight is 494 g/mol. The summed E-state index contributed by atoms with van der Waals surface area (Å²) in [6.45, 7) is 3.46. The van der Waals surface area contributed by atoms with Crippen LogP contribution < -0.4 is 9.04 Å². The lowest BCUT2D eigenvalue weighted by molar-refractivity contribution is 0.0526. The third kappa shape index (κ3) is 4.50. The molecular weight excluding hydrogens is 470 g/mol. The Kier molecular flexibility index (Phi) is 6.61. The van der Waals surface area contributed by atoms with Crippen LogP contribution in [0.3, 0.4) is 0 Å². The van der Waals surface area contributed by atoms with Crippen molar-refractivity contribution in [3.8, 4) is 5.75 Å². The van der Waals surface area contributed by atoms with Gasteiger partial charge in [0.1, 0.15) is 22.7 Å². The van der Waals surface area contributed by atoms with Crippen molar-refractivity contribution in [3.63, 3.8) is 0 Å². The fourth-order valence-corrected chi connectivity index (χ4v) is 5.11. The zero-order valence-electron chi connectivity index (χ0n) is 19.3. The van der Waals surface area contributed by atoms with Crippen LogP contribution in [0.15, 0.2) is 82.1 Å². The standard InChI is InChI=1S/C26H23NO7S/c1-4-33-26(29)24-17(2)34-23-15-10-19(16-22(23)24)27(25(28)18-8-6-5-7-9-18)35(30,31)21-13-11-20(32-3)12-14-21/h5-16H,4H2,1-3H3. The second kappa shape index (κ2) is 9.63. The molecule has 3 aromatic carbocycles. The molecule has 1 amide bonds. The number of fused-ring (bicyclic) bond motifs is 1. The Balaban J connectivity index is 1.92. The maximum absolute atomic E-state index is 13.8. The number of carbonyl (C=O) groups is 2. The third-order valence-electron chi connectivity index (χ3n) is 5.36. The summed E-state index contributed by atoms with van der Waals surface area (Å²) in [5, 5.41) is 0.342. The number of benzene rings is 3. The monoisotopic (exact) mass is 493 g/mol. The highest BCUT2D eigenvalue weighted by Gasteiger charge is 2.33. The highest BCUT2D eigenvalue weighted by Crippen LogP contribution is 2.33. The molecule has 0 fully saturated rings. The Morgan fingerprint density at radius 3 is 2.29 bits per heavy atom. The van der Waals surface area contributed by atoms with Crippen LogP contribution in [0.1, 0.15) is 33.4 Å². The number of nitrogens with zero attached hydrogens (tertiary/aromatic N) is 1. The number of anilines is 1. The smallest absolute Gasteiger partial charge is 0.342 e. The van der Waals surface area contributed by atoms with Gasteiger partial charge in [0.05, 0.1) is 24.3 Å². The van der Waals surface area contributed by atoms with Gasteiger partial charge in [-0.3, -0.25) is 4.79 Å². The normalized spacial score (nSPS) is 11.3. The van der Waals surface area contributed by atoms with Crippen molar-refractivity contribution in [2.75, 3.05) is 18.0 Å². The van der Waals surface area contributed by atoms with Gasteiger partial charge in [-0.2, -0.15) is 4.31 Å². The van der Waals surface area contributed by atoms with Crippen molar-refractivity contribution in [1.82, 2.24) is 0 Å². The van der Waals surface area contributed by atoms with Gasteiger partial charge in [-0.25, -0.2) is 13.2 Å². The van der Waals surface area contributed by atoms with Crippen LogP contribution in [0.2, 0.25) is 0 Å². The molecule has 35 heavy (non-hydrogen) atoms. The molecule has 0 N–H and O–H groups in total. The van der Waals surface area contributed by atoms with E-state index in [1.165, 1.54) is 61.7 Å². The van der Waals surface area contributed by atoms with Crippen molar-refractivity contribution in [2.45, 2.75) is 18.7 Å². The lowest BCUT2D eigenvalue weighted by Crippen LogP contribution is -2.37. The van der Waals surface area contributed by atoms with E-state index in [2.05, 4.69) is 0 Å². The molecule has 4 rings (SSSR count). The maximum atomic E-state index is 13.8. The number of esters is 1. The van der Waals surface area contributed by atoms with Crippen LogP contribution in [0, 0.1) is 6.92 Å². The van der Waals surface area contributed by atoms with E-state index in [0.717, 1.165) is 4.31 Å². The van der Waals surface area contributed by atoms with Crippen LogP contribution in [0.5, 0.6) is 5.75 Å². The Morgan fingerprint density at radius 2 is 1.66 bits per heavy atom. The predicted octanol–water partition coefficient (Wildman–Crippen LogP) is 4.96. The number of aryl methyl sites for hydroxylation is 1. The quantitative estimate of drug-likeness (QED) is 0.335. The first-order chi connectivity index (χ1) is 16.8. The fourth-order valence-electron chi connectivity index (χ4n) is 3.71. The molecule has 0 aliphatic carbocycles. The highest BCUT2D eigenvalue weighted by molar-refractivity contribution is 7.93. The summed E-state index contributed by atoms with van der Waals surface area (Å²) >= 11 is 0. The molecule has 0 bridgehead atoms. The summed E-state index contributed by atoms with van der Waals surface area (Å²) in [6.07, 6.45) is 0. The summed E-state index contributed by atoms with van der Waals surface area (Å²) in [7, 11) is -2.88. The zero-order valence-corrected chi connectivity index (χ0v) is 20.2. The molecular formula is C26H23NO7S. The van der Waals surface area contributed by atoms with Gasteiger partial charge in [0.25, 0.3) is 15.9 Å². The van der Waals surface area contributed by atoms with E-state index in [-0.39, 0.29) is 28.3 Å². The summed E-state index contributed by atoms with van der Waals surface area (Å²) in [5.41, 5.74) is 0.771. The number of amides is 1. The van der Waals surface area contributed by atoms with E-state index in [1.807, 2.05) is 0 Å². The minimum absolute atomic E-state index is 0.0496. The molecule has 8 nitrogen and oxygen atoms in total. The number of ether oxygens (including phenoxy) is 2. The van der Waals surface area contributed by atoms with E-state index in [4.69, 9.17) is 13.9 Å². The van der Waals surface area contributed by atoms with Gasteiger partial charge in [-0.05, 0) is 68.4 Å². The molecule has 1 heterocycles. The zero-order chi connectivity index (χ0) is 25.2. The van der Waals surface area contributed by atoms with Gasteiger partial charge < -0.3 is 13.9 Å². The van der Waals surface area contributed by atoms with Gasteiger partial charge in [0.15, 0.2) is 0 Å². The number of furan rings is 1. The van der Waals surface area contributed by atoms with Gasteiger partial charge in [-0.15, -0.1) is 0 Å². The van der Waals surface area contributed by atoms with Crippen LogP contribution in [0.4, 0.5) is 5.69 Å². The van der Waals surface area contributed by atoms with Gasteiger partial charge >= 0.3 is 5.97 Å². The molecule has 180 valence electrons. The minimum atomic E-state index is -4.35. The number of hydrogen-bond donors (Lipinski definition) is 0. The lowest BCUT2D eigenvalue weighted by Gasteiger charge is -2.23. The minimum Gasteiger partial charge on any atom is -0.497 e.